The maximum absolute atomic E-state index is 5.32. The Morgan fingerprint density at radius 3 is 2.76 bits per heavy atom. The molecule has 146 valence electrons. The molecular formula is C22H20N4O2S. The highest BCUT2D eigenvalue weighted by Crippen LogP contribution is 2.34. The number of hydrogen-bond donors (Lipinski definition) is 0. The number of hydrogen-bond acceptors (Lipinski definition) is 5. The molecule has 0 aliphatic rings. The average Bonchev–Trinajstić information content (AvgIpc) is 3.43. The first kappa shape index (κ1) is 17.9. The van der Waals surface area contributed by atoms with Crippen LogP contribution in [0.2, 0.25) is 0 Å². The SMILES string of the molecule is COCCn1cc(-c2nn3cc(-c4cccc(OC)c4)nc3s2)c2ccccc21. The molecule has 3 aromatic heterocycles. The summed E-state index contributed by atoms with van der Waals surface area (Å²) in [6.07, 6.45) is 4.12. The van der Waals surface area contributed by atoms with Gasteiger partial charge in [0.15, 0.2) is 0 Å². The monoisotopic (exact) mass is 404 g/mol. The Morgan fingerprint density at radius 2 is 1.93 bits per heavy atom. The Balaban J connectivity index is 1.55. The highest BCUT2D eigenvalue weighted by Gasteiger charge is 2.16. The van der Waals surface area contributed by atoms with Gasteiger partial charge in [0.2, 0.25) is 4.96 Å². The van der Waals surface area contributed by atoms with E-state index in [0.717, 1.165) is 39.1 Å². The maximum atomic E-state index is 5.32. The molecule has 0 fully saturated rings. The molecule has 0 unspecified atom stereocenters. The van der Waals surface area contributed by atoms with Crippen molar-refractivity contribution in [3.05, 3.63) is 60.9 Å². The van der Waals surface area contributed by atoms with E-state index in [2.05, 4.69) is 35.0 Å². The minimum absolute atomic E-state index is 0.670. The van der Waals surface area contributed by atoms with E-state index in [1.165, 1.54) is 10.9 Å². The van der Waals surface area contributed by atoms with Crippen molar-refractivity contribution in [2.45, 2.75) is 6.54 Å². The van der Waals surface area contributed by atoms with Crippen LogP contribution in [0.5, 0.6) is 5.75 Å². The Kier molecular flexibility index (Phi) is 4.54. The predicted octanol–water partition coefficient (Wildman–Crippen LogP) is 4.73. The van der Waals surface area contributed by atoms with Gasteiger partial charge in [0.05, 0.1) is 25.6 Å². The van der Waals surface area contributed by atoms with E-state index in [4.69, 9.17) is 19.6 Å². The summed E-state index contributed by atoms with van der Waals surface area (Å²) in [7, 11) is 3.39. The third-order valence-electron chi connectivity index (χ3n) is 4.96. The molecule has 3 heterocycles. The van der Waals surface area contributed by atoms with Gasteiger partial charge in [0.25, 0.3) is 0 Å². The van der Waals surface area contributed by atoms with Crippen molar-refractivity contribution < 1.29 is 9.47 Å². The molecule has 5 aromatic rings. The molecule has 0 radical (unpaired) electrons. The van der Waals surface area contributed by atoms with E-state index in [9.17, 15) is 0 Å². The fraction of sp³-hybridized carbons (Fsp3) is 0.182. The summed E-state index contributed by atoms with van der Waals surface area (Å²) in [6, 6.07) is 16.3. The first-order chi connectivity index (χ1) is 14.3. The Hall–Kier alpha value is -3.16. The standard InChI is InChI=1S/C22H20N4O2S/c1-27-11-10-25-13-18(17-8-3-4-9-20(17)25)21-24-26-14-19(23-22(26)29-21)15-6-5-7-16(12-15)28-2/h3-9,12-14H,10-11H2,1-2H3. The molecular weight excluding hydrogens is 384 g/mol. The number of fused-ring (bicyclic) bond motifs is 2. The molecule has 29 heavy (non-hydrogen) atoms. The van der Waals surface area contributed by atoms with E-state index >= 15 is 0 Å². The fourth-order valence-electron chi connectivity index (χ4n) is 3.52. The highest BCUT2D eigenvalue weighted by atomic mass is 32.1. The zero-order chi connectivity index (χ0) is 19.8. The van der Waals surface area contributed by atoms with Gasteiger partial charge in [-0.3, -0.25) is 0 Å². The van der Waals surface area contributed by atoms with E-state index < -0.39 is 0 Å². The van der Waals surface area contributed by atoms with Crippen molar-refractivity contribution in [2.24, 2.45) is 0 Å². The Bertz CT molecular complexity index is 1270. The zero-order valence-electron chi connectivity index (χ0n) is 16.2. The predicted molar refractivity (Wildman–Crippen MR) is 116 cm³/mol. The van der Waals surface area contributed by atoms with Crippen LogP contribution in [0.15, 0.2) is 60.9 Å². The molecule has 5 rings (SSSR count). The fourth-order valence-corrected chi connectivity index (χ4v) is 4.43. The van der Waals surface area contributed by atoms with Crippen molar-refractivity contribution in [1.29, 1.82) is 0 Å². The van der Waals surface area contributed by atoms with Crippen LogP contribution in [0.4, 0.5) is 0 Å². The summed E-state index contributed by atoms with van der Waals surface area (Å²) < 4.78 is 14.7. The molecule has 0 saturated heterocycles. The normalized spacial score (nSPS) is 11.5. The molecule has 0 aliphatic carbocycles. The van der Waals surface area contributed by atoms with Gasteiger partial charge in [0, 0.05) is 41.9 Å². The quantitative estimate of drug-likeness (QED) is 0.410. The summed E-state index contributed by atoms with van der Waals surface area (Å²) in [5, 5.41) is 6.96. The first-order valence-electron chi connectivity index (χ1n) is 9.34. The zero-order valence-corrected chi connectivity index (χ0v) is 17.0. The third kappa shape index (κ3) is 3.18. The van der Waals surface area contributed by atoms with Crippen molar-refractivity contribution in [1.82, 2.24) is 19.2 Å². The van der Waals surface area contributed by atoms with Crippen LogP contribution in [-0.4, -0.2) is 40.0 Å². The van der Waals surface area contributed by atoms with Crippen LogP contribution in [0.1, 0.15) is 0 Å². The minimum atomic E-state index is 0.670. The van der Waals surface area contributed by atoms with Crippen LogP contribution < -0.4 is 4.74 Å². The molecule has 0 spiro atoms. The van der Waals surface area contributed by atoms with Crippen molar-refractivity contribution >= 4 is 27.2 Å². The first-order valence-corrected chi connectivity index (χ1v) is 10.2. The van der Waals surface area contributed by atoms with E-state index in [0.29, 0.717) is 6.61 Å². The molecule has 0 N–H and O–H groups in total. The van der Waals surface area contributed by atoms with Gasteiger partial charge in [-0.25, -0.2) is 9.50 Å². The topological polar surface area (TPSA) is 53.6 Å². The number of nitrogens with zero attached hydrogens (tertiary/aromatic N) is 4. The van der Waals surface area contributed by atoms with Gasteiger partial charge in [-0.05, 0) is 18.2 Å². The molecule has 7 heteroatoms. The Morgan fingerprint density at radius 1 is 1.03 bits per heavy atom. The molecule has 0 amide bonds. The van der Waals surface area contributed by atoms with E-state index in [1.807, 2.05) is 35.0 Å². The third-order valence-corrected chi connectivity index (χ3v) is 5.92. The number of methoxy groups -OCH3 is 2. The van der Waals surface area contributed by atoms with Crippen LogP contribution in [-0.2, 0) is 11.3 Å². The van der Waals surface area contributed by atoms with Crippen molar-refractivity contribution in [3.8, 4) is 27.6 Å². The summed E-state index contributed by atoms with van der Waals surface area (Å²) >= 11 is 1.59. The molecule has 0 atom stereocenters. The summed E-state index contributed by atoms with van der Waals surface area (Å²) in [5.74, 6) is 0.816. The van der Waals surface area contributed by atoms with Gasteiger partial charge < -0.3 is 14.0 Å². The van der Waals surface area contributed by atoms with E-state index in [1.54, 1.807) is 25.6 Å². The summed E-state index contributed by atoms with van der Waals surface area (Å²) in [4.78, 5) is 5.64. The number of benzene rings is 2. The minimum Gasteiger partial charge on any atom is -0.497 e. The van der Waals surface area contributed by atoms with Gasteiger partial charge in [-0.15, -0.1) is 0 Å². The van der Waals surface area contributed by atoms with Crippen LogP contribution in [0.25, 0.3) is 37.7 Å². The molecule has 6 nitrogen and oxygen atoms in total. The Labute approximate surface area is 171 Å². The maximum Gasteiger partial charge on any atom is 0.213 e. The van der Waals surface area contributed by atoms with Gasteiger partial charge >= 0.3 is 0 Å². The lowest BCUT2D eigenvalue weighted by Gasteiger charge is -2.03. The number of rotatable bonds is 6. The summed E-state index contributed by atoms with van der Waals surface area (Å²) in [5.41, 5.74) is 4.20. The number of imidazole rings is 1. The number of para-hydroxylation sites is 1. The van der Waals surface area contributed by atoms with Gasteiger partial charge in [-0.1, -0.05) is 41.7 Å². The number of ether oxygens (including phenoxy) is 2. The smallest absolute Gasteiger partial charge is 0.213 e. The molecule has 0 bridgehead atoms. The number of aromatic nitrogens is 4. The van der Waals surface area contributed by atoms with Crippen molar-refractivity contribution in [3.63, 3.8) is 0 Å². The second kappa shape index (κ2) is 7.35. The second-order valence-electron chi connectivity index (χ2n) is 6.74. The van der Waals surface area contributed by atoms with Crippen LogP contribution >= 0.6 is 11.3 Å². The lowest BCUT2D eigenvalue weighted by atomic mass is 10.1. The average molecular weight is 404 g/mol. The lowest BCUT2D eigenvalue weighted by Crippen LogP contribution is -2.02. The second-order valence-corrected chi connectivity index (χ2v) is 7.69. The molecule has 0 aliphatic heterocycles. The molecule has 0 saturated carbocycles. The van der Waals surface area contributed by atoms with Crippen LogP contribution in [0, 0.1) is 0 Å². The largest absolute Gasteiger partial charge is 0.497 e. The summed E-state index contributed by atoms with van der Waals surface area (Å²) in [6.45, 7) is 1.47. The van der Waals surface area contributed by atoms with Gasteiger partial charge in [-0.2, -0.15) is 5.10 Å². The lowest BCUT2D eigenvalue weighted by molar-refractivity contribution is 0.188. The van der Waals surface area contributed by atoms with E-state index in [-0.39, 0.29) is 0 Å². The highest BCUT2D eigenvalue weighted by molar-refractivity contribution is 7.20. The van der Waals surface area contributed by atoms with Gasteiger partial charge in [0.1, 0.15) is 10.8 Å². The van der Waals surface area contributed by atoms with Crippen molar-refractivity contribution in [2.75, 3.05) is 20.8 Å². The molecule has 2 aromatic carbocycles. The van der Waals surface area contributed by atoms with Crippen LogP contribution in [0.3, 0.4) is 0 Å².